The number of hydrogen-bond acceptors (Lipinski definition) is 4. The third kappa shape index (κ3) is 2.84. The average molecular weight is 305 g/mol. The minimum absolute atomic E-state index is 0.182. The standard InChI is InChI=1S/C15H17ClN4O/c16-12-13(19-11-7-3-2-6-10(11)18-12)20-14(21)15(17)8-4-1-5-9-15/h2-3,6-7H,1,4-5,8-9,17H2,(H,19,20,21). The van der Waals surface area contributed by atoms with Gasteiger partial charge in [-0.2, -0.15) is 0 Å². The molecule has 0 radical (unpaired) electrons. The monoisotopic (exact) mass is 304 g/mol. The summed E-state index contributed by atoms with van der Waals surface area (Å²) in [6, 6.07) is 7.38. The minimum Gasteiger partial charge on any atom is -0.317 e. The minimum atomic E-state index is -0.825. The zero-order chi connectivity index (χ0) is 14.9. The average Bonchev–Trinajstić information content (AvgIpc) is 2.48. The molecule has 0 saturated heterocycles. The van der Waals surface area contributed by atoms with E-state index in [9.17, 15) is 4.79 Å². The number of carbonyl (C=O) groups is 1. The Balaban J connectivity index is 1.87. The molecular weight excluding hydrogens is 288 g/mol. The molecule has 1 amide bonds. The molecule has 2 aromatic rings. The topological polar surface area (TPSA) is 80.9 Å². The van der Waals surface area contributed by atoms with E-state index in [2.05, 4.69) is 15.3 Å². The van der Waals surface area contributed by atoms with Gasteiger partial charge in [0.1, 0.15) is 0 Å². The van der Waals surface area contributed by atoms with Gasteiger partial charge in [0, 0.05) is 0 Å². The van der Waals surface area contributed by atoms with Gasteiger partial charge in [-0.25, -0.2) is 9.97 Å². The number of fused-ring (bicyclic) bond motifs is 1. The molecule has 1 fully saturated rings. The number of nitrogens with one attached hydrogen (secondary N) is 1. The summed E-state index contributed by atoms with van der Waals surface area (Å²) >= 11 is 6.10. The zero-order valence-electron chi connectivity index (χ0n) is 11.6. The highest BCUT2D eigenvalue weighted by Crippen LogP contribution is 2.28. The van der Waals surface area contributed by atoms with Crippen LogP contribution in [0.1, 0.15) is 32.1 Å². The van der Waals surface area contributed by atoms with Gasteiger partial charge in [0.05, 0.1) is 16.6 Å². The molecule has 3 N–H and O–H groups in total. The Labute approximate surface area is 127 Å². The summed E-state index contributed by atoms with van der Waals surface area (Å²) in [6.07, 6.45) is 4.46. The van der Waals surface area contributed by atoms with Crippen molar-refractivity contribution in [2.24, 2.45) is 5.73 Å². The first-order valence-corrected chi connectivity index (χ1v) is 7.49. The van der Waals surface area contributed by atoms with Crippen molar-refractivity contribution in [3.05, 3.63) is 29.4 Å². The van der Waals surface area contributed by atoms with Crippen LogP contribution in [0.5, 0.6) is 0 Å². The van der Waals surface area contributed by atoms with Crippen molar-refractivity contribution in [3.8, 4) is 0 Å². The summed E-state index contributed by atoms with van der Waals surface area (Å²) in [4.78, 5) is 21.0. The van der Waals surface area contributed by atoms with Crippen LogP contribution in [0, 0.1) is 0 Å². The highest BCUT2D eigenvalue weighted by Gasteiger charge is 2.35. The number of nitrogens with two attached hydrogens (primary N) is 1. The Morgan fingerprint density at radius 2 is 1.76 bits per heavy atom. The number of amides is 1. The van der Waals surface area contributed by atoms with Crippen LogP contribution in [0.4, 0.5) is 5.82 Å². The number of carbonyl (C=O) groups excluding carboxylic acids is 1. The van der Waals surface area contributed by atoms with Crippen LogP contribution in [-0.2, 0) is 4.79 Å². The molecule has 1 saturated carbocycles. The maximum Gasteiger partial charge on any atom is 0.245 e. The van der Waals surface area contributed by atoms with E-state index in [0.29, 0.717) is 23.9 Å². The van der Waals surface area contributed by atoms with E-state index in [1.807, 2.05) is 24.3 Å². The predicted molar refractivity (Wildman–Crippen MR) is 83.2 cm³/mol. The molecule has 0 bridgehead atoms. The third-order valence-electron chi connectivity index (χ3n) is 3.96. The van der Waals surface area contributed by atoms with Gasteiger partial charge in [-0.3, -0.25) is 4.79 Å². The molecule has 1 aliphatic rings. The summed E-state index contributed by atoms with van der Waals surface area (Å²) in [6.45, 7) is 0. The van der Waals surface area contributed by atoms with Crippen molar-refractivity contribution in [3.63, 3.8) is 0 Å². The lowest BCUT2D eigenvalue weighted by Gasteiger charge is -2.31. The molecule has 1 aliphatic carbocycles. The van der Waals surface area contributed by atoms with Crippen LogP contribution in [0.15, 0.2) is 24.3 Å². The Bertz CT molecular complexity index is 682. The number of para-hydroxylation sites is 2. The van der Waals surface area contributed by atoms with Crippen molar-refractivity contribution >= 4 is 34.4 Å². The lowest BCUT2D eigenvalue weighted by molar-refractivity contribution is -0.122. The number of anilines is 1. The van der Waals surface area contributed by atoms with Crippen LogP contribution in [0.3, 0.4) is 0 Å². The first kappa shape index (κ1) is 14.2. The molecule has 1 heterocycles. The molecule has 0 spiro atoms. The van der Waals surface area contributed by atoms with Gasteiger partial charge in [0.15, 0.2) is 11.0 Å². The highest BCUT2D eigenvalue weighted by molar-refractivity contribution is 6.32. The molecule has 21 heavy (non-hydrogen) atoms. The lowest BCUT2D eigenvalue weighted by atomic mass is 9.82. The molecule has 1 aromatic carbocycles. The van der Waals surface area contributed by atoms with Crippen molar-refractivity contribution in [2.45, 2.75) is 37.6 Å². The molecule has 0 unspecified atom stereocenters. The van der Waals surface area contributed by atoms with Crippen molar-refractivity contribution in [1.82, 2.24) is 9.97 Å². The number of benzene rings is 1. The Morgan fingerprint density at radius 1 is 1.14 bits per heavy atom. The fourth-order valence-corrected chi connectivity index (χ4v) is 2.88. The van der Waals surface area contributed by atoms with E-state index >= 15 is 0 Å². The van der Waals surface area contributed by atoms with Gasteiger partial charge in [0.2, 0.25) is 5.91 Å². The number of aromatic nitrogens is 2. The highest BCUT2D eigenvalue weighted by atomic mass is 35.5. The van der Waals surface area contributed by atoms with Crippen molar-refractivity contribution in [2.75, 3.05) is 5.32 Å². The van der Waals surface area contributed by atoms with Crippen LogP contribution >= 0.6 is 11.6 Å². The third-order valence-corrected chi connectivity index (χ3v) is 4.22. The fraction of sp³-hybridized carbons (Fsp3) is 0.400. The predicted octanol–water partition coefficient (Wildman–Crippen LogP) is 2.88. The second-order valence-corrected chi connectivity index (χ2v) is 5.88. The van der Waals surface area contributed by atoms with E-state index < -0.39 is 5.54 Å². The summed E-state index contributed by atoms with van der Waals surface area (Å²) < 4.78 is 0. The summed E-state index contributed by atoms with van der Waals surface area (Å²) in [5.74, 6) is 0.0458. The quantitative estimate of drug-likeness (QED) is 0.894. The molecule has 1 aromatic heterocycles. The molecule has 6 heteroatoms. The van der Waals surface area contributed by atoms with Crippen LogP contribution in [0.2, 0.25) is 5.15 Å². The maximum atomic E-state index is 12.4. The Hall–Kier alpha value is -1.72. The van der Waals surface area contributed by atoms with Crippen LogP contribution in [0.25, 0.3) is 11.0 Å². The number of nitrogens with zero attached hydrogens (tertiary/aromatic N) is 2. The fourth-order valence-electron chi connectivity index (χ4n) is 2.70. The van der Waals surface area contributed by atoms with Gasteiger partial charge in [-0.05, 0) is 25.0 Å². The normalized spacial score (nSPS) is 17.6. The molecule has 0 atom stereocenters. The Morgan fingerprint density at radius 3 is 2.43 bits per heavy atom. The van der Waals surface area contributed by atoms with E-state index in [-0.39, 0.29) is 16.9 Å². The van der Waals surface area contributed by atoms with Crippen LogP contribution in [-0.4, -0.2) is 21.4 Å². The second-order valence-electron chi connectivity index (χ2n) is 5.52. The van der Waals surface area contributed by atoms with Crippen LogP contribution < -0.4 is 11.1 Å². The summed E-state index contributed by atoms with van der Waals surface area (Å²) in [7, 11) is 0. The number of hydrogen-bond donors (Lipinski definition) is 2. The van der Waals surface area contributed by atoms with E-state index in [1.54, 1.807) is 0 Å². The van der Waals surface area contributed by atoms with E-state index in [1.165, 1.54) is 0 Å². The van der Waals surface area contributed by atoms with Gasteiger partial charge in [0.25, 0.3) is 0 Å². The molecule has 110 valence electrons. The van der Waals surface area contributed by atoms with Gasteiger partial charge in [-0.1, -0.05) is 43.0 Å². The second kappa shape index (κ2) is 5.58. The lowest BCUT2D eigenvalue weighted by Crippen LogP contribution is -2.52. The first-order valence-electron chi connectivity index (χ1n) is 7.11. The van der Waals surface area contributed by atoms with E-state index in [4.69, 9.17) is 17.3 Å². The van der Waals surface area contributed by atoms with Gasteiger partial charge in [-0.15, -0.1) is 0 Å². The number of halogens is 1. The maximum absolute atomic E-state index is 12.4. The van der Waals surface area contributed by atoms with E-state index in [0.717, 1.165) is 19.3 Å². The van der Waals surface area contributed by atoms with Crippen molar-refractivity contribution < 1.29 is 4.79 Å². The molecular formula is C15H17ClN4O. The largest absolute Gasteiger partial charge is 0.317 e. The number of rotatable bonds is 2. The van der Waals surface area contributed by atoms with Gasteiger partial charge >= 0.3 is 0 Å². The SMILES string of the molecule is NC1(C(=O)Nc2nc3ccccc3nc2Cl)CCCCC1. The molecule has 5 nitrogen and oxygen atoms in total. The van der Waals surface area contributed by atoms with Gasteiger partial charge < -0.3 is 11.1 Å². The first-order chi connectivity index (χ1) is 10.1. The Kier molecular flexibility index (Phi) is 3.78. The summed E-state index contributed by atoms with van der Waals surface area (Å²) in [5, 5.41) is 2.92. The smallest absolute Gasteiger partial charge is 0.245 e. The molecule has 3 rings (SSSR count). The summed E-state index contributed by atoms with van der Waals surface area (Å²) in [5.41, 5.74) is 6.77. The molecule has 0 aliphatic heterocycles. The zero-order valence-corrected chi connectivity index (χ0v) is 12.4. The van der Waals surface area contributed by atoms with Crippen molar-refractivity contribution in [1.29, 1.82) is 0 Å².